The lowest BCUT2D eigenvalue weighted by atomic mass is 10.1. The Kier molecular flexibility index (Phi) is 3.83. The van der Waals surface area contributed by atoms with Gasteiger partial charge in [0, 0.05) is 6.54 Å². The molecule has 1 saturated carbocycles. The van der Waals surface area contributed by atoms with Gasteiger partial charge in [-0.2, -0.15) is 0 Å². The number of rotatable bonds is 4. The van der Waals surface area contributed by atoms with Crippen molar-refractivity contribution in [3.63, 3.8) is 0 Å². The second kappa shape index (κ2) is 5.35. The summed E-state index contributed by atoms with van der Waals surface area (Å²) >= 11 is 0. The molecule has 0 amide bonds. The molecule has 2 rings (SSSR count). The van der Waals surface area contributed by atoms with E-state index in [4.69, 9.17) is 10.5 Å². The van der Waals surface area contributed by atoms with E-state index in [1.54, 1.807) is 0 Å². The van der Waals surface area contributed by atoms with E-state index >= 15 is 0 Å². The molecule has 0 saturated heterocycles. The highest BCUT2D eigenvalue weighted by Gasteiger charge is 2.15. The van der Waals surface area contributed by atoms with Crippen molar-refractivity contribution in [3.05, 3.63) is 29.3 Å². The number of hydrogen-bond donors (Lipinski definition) is 1. The zero-order valence-electron chi connectivity index (χ0n) is 10.0. The van der Waals surface area contributed by atoms with Crippen LogP contribution in [0.5, 0.6) is 5.75 Å². The van der Waals surface area contributed by atoms with E-state index in [2.05, 4.69) is 25.1 Å². The molecule has 88 valence electrons. The van der Waals surface area contributed by atoms with E-state index in [0.717, 1.165) is 23.8 Å². The van der Waals surface area contributed by atoms with Crippen molar-refractivity contribution in [3.8, 4) is 5.75 Å². The number of hydrogen-bond acceptors (Lipinski definition) is 2. The molecular weight excluding hydrogens is 198 g/mol. The van der Waals surface area contributed by atoms with Gasteiger partial charge in [-0.1, -0.05) is 25.0 Å². The SMILES string of the molecule is Cc1ccc(CN)cc1OCC1CCCC1. The normalized spacial score (nSPS) is 16.6. The van der Waals surface area contributed by atoms with Crippen molar-refractivity contribution >= 4 is 0 Å². The largest absolute Gasteiger partial charge is 0.493 e. The molecule has 0 aromatic heterocycles. The third-order valence-corrected chi connectivity index (χ3v) is 3.44. The van der Waals surface area contributed by atoms with Crippen LogP contribution in [0.2, 0.25) is 0 Å². The Morgan fingerprint density at radius 1 is 1.31 bits per heavy atom. The lowest BCUT2D eigenvalue weighted by Crippen LogP contribution is -2.09. The van der Waals surface area contributed by atoms with Crippen LogP contribution < -0.4 is 10.5 Å². The fraction of sp³-hybridized carbons (Fsp3) is 0.571. The summed E-state index contributed by atoms with van der Waals surface area (Å²) in [4.78, 5) is 0. The first kappa shape index (κ1) is 11.5. The third-order valence-electron chi connectivity index (χ3n) is 3.44. The minimum absolute atomic E-state index is 0.583. The van der Waals surface area contributed by atoms with Crippen LogP contribution in [0.1, 0.15) is 36.8 Å². The third kappa shape index (κ3) is 2.76. The lowest BCUT2D eigenvalue weighted by Gasteiger charge is -2.14. The topological polar surface area (TPSA) is 35.2 Å². The molecule has 0 radical (unpaired) electrons. The van der Waals surface area contributed by atoms with Crippen molar-refractivity contribution in [2.45, 2.75) is 39.2 Å². The molecule has 1 fully saturated rings. The fourth-order valence-corrected chi connectivity index (χ4v) is 2.31. The number of benzene rings is 1. The molecule has 0 bridgehead atoms. The monoisotopic (exact) mass is 219 g/mol. The van der Waals surface area contributed by atoms with Gasteiger partial charge in [0.1, 0.15) is 5.75 Å². The van der Waals surface area contributed by atoms with Gasteiger partial charge in [0.15, 0.2) is 0 Å². The quantitative estimate of drug-likeness (QED) is 0.844. The van der Waals surface area contributed by atoms with Crippen molar-refractivity contribution < 1.29 is 4.74 Å². The first-order valence-electron chi connectivity index (χ1n) is 6.22. The second-order valence-electron chi connectivity index (χ2n) is 4.77. The van der Waals surface area contributed by atoms with Crippen LogP contribution in [0.15, 0.2) is 18.2 Å². The molecule has 2 N–H and O–H groups in total. The molecule has 2 heteroatoms. The molecular formula is C14H21NO. The summed E-state index contributed by atoms with van der Waals surface area (Å²) in [7, 11) is 0. The average molecular weight is 219 g/mol. The Bertz CT molecular complexity index is 343. The predicted molar refractivity (Wildman–Crippen MR) is 66.5 cm³/mol. The van der Waals surface area contributed by atoms with Gasteiger partial charge in [-0.3, -0.25) is 0 Å². The van der Waals surface area contributed by atoms with Crippen LogP contribution in [0.3, 0.4) is 0 Å². The molecule has 2 nitrogen and oxygen atoms in total. The van der Waals surface area contributed by atoms with E-state index in [0.29, 0.717) is 6.54 Å². The maximum Gasteiger partial charge on any atom is 0.122 e. The Morgan fingerprint density at radius 3 is 2.75 bits per heavy atom. The summed E-state index contributed by atoms with van der Waals surface area (Å²) < 4.78 is 5.91. The van der Waals surface area contributed by atoms with Gasteiger partial charge in [0.25, 0.3) is 0 Å². The molecule has 0 aliphatic heterocycles. The summed E-state index contributed by atoms with van der Waals surface area (Å²) in [5.41, 5.74) is 7.98. The Morgan fingerprint density at radius 2 is 2.06 bits per heavy atom. The van der Waals surface area contributed by atoms with Crippen LogP contribution in [-0.4, -0.2) is 6.61 Å². The number of nitrogens with two attached hydrogens (primary N) is 1. The minimum atomic E-state index is 0.583. The van der Waals surface area contributed by atoms with Crippen LogP contribution in [0.4, 0.5) is 0 Å². The molecule has 1 aliphatic rings. The summed E-state index contributed by atoms with van der Waals surface area (Å²) in [5, 5.41) is 0. The molecule has 1 aromatic carbocycles. The highest BCUT2D eigenvalue weighted by atomic mass is 16.5. The predicted octanol–water partition coefficient (Wildman–Crippen LogP) is 3.02. The van der Waals surface area contributed by atoms with Crippen LogP contribution in [0.25, 0.3) is 0 Å². The smallest absolute Gasteiger partial charge is 0.122 e. The van der Waals surface area contributed by atoms with Gasteiger partial charge in [-0.15, -0.1) is 0 Å². The number of ether oxygens (including phenoxy) is 1. The van der Waals surface area contributed by atoms with Gasteiger partial charge in [-0.05, 0) is 42.9 Å². The molecule has 0 heterocycles. The van der Waals surface area contributed by atoms with Gasteiger partial charge in [0.05, 0.1) is 6.61 Å². The van der Waals surface area contributed by atoms with E-state index in [1.807, 2.05) is 0 Å². The highest BCUT2D eigenvalue weighted by molar-refractivity contribution is 5.36. The Hall–Kier alpha value is -1.02. The zero-order valence-corrected chi connectivity index (χ0v) is 10.0. The summed E-state index contributed by atoms with van der Waals surface area (Å²) in [5.74, 6) is 1.77. The van der Waals surface area contributed by atoms with Crippen LogP contribution in [-0.2, 0) is 6.54 Å². The van der Waals surface area contributed by atoms with Gasteiger partial charge >= 0.3 is 0 Å². The van der Waals surface area contributed by atoms with E-state index < -0.39 is 0 Å². The maximum atomic E-state index is 5.91. The highest BCUT2D eigenvalue weighted by Crippen LogP contribution is 2.27. The van der Waals surface area contributed by atoms with E-state index in [9.17, 15) is 0 Å². The number of aryl methyl sites for hydroxylation is 1. The maximum absolute atomic E-state index is 5.91. The molecule has 0 spiro atoms. The van der Waals surface area contributed by atoms with Crippen LogP contribution >= 0.6 is 0 Å². The molecule has 1 aromatic rings. The molecule has 16 heavy (non-hydrogen) atoms. The standard InChI is InChI=1S/C14H21NO/c1-11-6-7-13(9-15)8-14(11)16-10-12-4-2-3-5-12/h6-8,12H,2-5,9-10,15H2,1H3. The summed E-state index contributed by atoms with van der Waals surface area (Å²) in [6.45, 7) is 3.54. The molecule has 0 unspecified atom stereocenters. The Labute approximate surface area is 97.8 Å². The van der Waals surface area contributed by atoms with Crippen molar-refractivity contribution in [1.82, 2.24) is 0 Å². The van der Waals surface area contributed by atoms with Crippen LogP contribution in [0, 0.1) is 12.8 Å². The average Bonchev–Trinajstić information content (AvgIpc) is 2.81. The minimum Gasteiger partial charge on any atom is -0.493 e. The van der Waals surface area contributed by atoms with E-state index in [1.165, 1.54) is 31.2 Å². The van der Waals surface area contributed by atoms with E-state index in [-0.39, 0.29) is 0 Å². The lowest BCUT2D eigenvalue weighted by molar-refractivity contribution is 0.250. The molecule has 0 atom stereocenters. The first-order chi connectivity index (χ1) is 7.79. The van der Waals surface area contributed by atoms with Gasteiger partial charge in [-0.25, -0.2) is 0 Å². The van der Waals surface area contributed by atoms with Crippen molar-refractivity contribution in [2.75, 3.05) is 6.61 Å². The summed E-state index contributed by atoms with van der Waals surface area (Å²) in [6.07, 6.45) is 5.40. The Balaban J connectivity index is 1.96. The van der Waals surface area contributed by atoms with Gasteiger partial charge in [0.2, 0.25) is 0 Å². The van der Waals surface area contributed by atoms with Crippen molar-refractivity contribution in [1.29, 1.82) is 0 Å². The first-order valence-corrected chi connectivity index (χ1v) is 6.22. The summed E-state index contributed by atoms with van der Waals surface area (Å²) in [6, 6.07) is 6.23. The van der Waals surface area contributed by atoms with Gasteiger partial charge < -0.3 is 10.5 Å². The second-order valence-corrected chi connectivity index (χ2v) is 4.77. The zero-order chi connectivity index (χ0) is 11.4. The molecule has 1 aliphatic carbocycles. The fourth-order valence-electron chi connectivity index (χ4n) is 2.31. The van der Waals surface area contributed by atoms with Crippen molar-refractivity contribution in [2.24, 2.45) is 11.7 Å².